The van der Waals surface area contributed by atoms with Crippen molar-refractivity contribution in [2.45, 2.75) is 39.0 Å². The molecule has 32 heavy (non-hydrogen) atoms. The molecule has 3 heterocycles. The third-order valence-corrected chi connectivity index (χ3v) is 6.36. The Balaban J connectivity index is 1.52. The first-order chi connectivity index (χ1) is 15.6. The molecule has 0 aliphatic carbocycles. The van der Waals surface area contributed by atoms with E-state index in [0.717, 1.165) is 29.9 Å². The molecule has 0 saturated carbocycles. The molecule has 1 unspecified atom stereocenters. The Hall–Kier alpha value is -2.90. The summed E-state index contributed by atoms with van der Waals surface area (Å²) in [5.74, 6) is 1.28. The first-order valence-corrected chi connectivity index (χ1v) is 11.8. The van der Waals surface area contributed by atoms with Crippen LogP contribution in [0.2, 0.25) is 0 Å². The van der Waals surface area contributed by atoms with Gasteiger partial charge in [0.1, 0.15) is 18.1 Å². The highest BCUT2D eigenvalue weighted by Crippen LogP contribution is 2.19. The van der Waals surface area contributed by atoms with Gasteiger partial charge in [-0.2, -0.15) is 0 Å². The normalized spacial score (nSPS) is 15.6. The van der Waals surface area contributed by atoms with Crippen LogP contribution in [-0.4, -0.2) is 47.4 Å². The summed E-state index contributed by atoms with van der Waals surface area (Å²) in [5.41, 5.74) is 1.03. The largest absolute Gasteiger partial charge is 0.464 e. The molecule has 2 aromatic heterocycles. The SMILES string of the molecule is Cc1ccc(CN(Cc2ccccc2)C(=O)CN(CC2CCCO2)C(=O)c2cccs2)o1. The van der Waals surface area contributed by atoms with Crippen molar-refractivity contribution in [3.8, 4) is 0 Å². The Kier molecular flexibility index (Phi) is 7.39. The second kappa shape index (κ2) is 10.6. The average Bonchev–Trinajstić information content (AvgIpc) is 3.57. The number of carbonyl (C=O) groups is 2. The van der Waals surface area contributed by atoms with Crippen LogP contribution in [0.4, 0.5) is 0 Å². The van der Waals surface area contributed by atoms with Crippen molar-refractivity contribution in [3.63, 3.8) is 0 Å². The van der Waals surface area contributed by atoms with Gasteiger partial charge in [-0.25, -0.2) is 0 Å². The number of aryl methyl sites for hydroxylation is 1. The number of hydrogen-bond acceptors (Lipinski definition) is 5. The molecule has 1 fully saturated rings. The lowest BCUT2D eigenvalue weighted by atomic mass is 10.2. The van der Waals surface area contributed by atoms with Gasteiger partial charge in [0.15, 0.2) is 0 Å². The van der Waals surface area contributed by atoms with Gasteiger partial charge in [-0.3, -0.25) is 9.59 Å². The van der Waals surface area contributed by atoms with Crippen LogP contribution in [0.15, 0.2) is 64.4 Å². The van der Waals surface area contributed by atoms with Crippen LogP contribution in [0.1, 0.15) is 39.6 Å². The van der Waals surface area contributed by atoms with Crippen LogP contribution in [0.3, 0.4) is 0 Å². The third kappa shape index (κ3) is 5.87. The van der Waals surface area contributed by atoms with Gasteiger partial charge < -0.3 is 19.0 Å². The van der Waals surface area contributed by atoms with E-state index in [-0.39, 0.29) is 24.5 Å². The molecule has 2 amide bonds. The number of carbonyl (C=O) groups excluding carboxylic acids is 2. The van der Waals surface area contributed by atoms with E-state index in [1.807, 2.05) is 60.8 Å². The van der Waals surface area contributed by atoms with Crippen molar-refractivity contribution < 1.29 is 18.7 Å². The summed E-state index contributed by atoms with van der Waals surface area (Å²) in [5, 5.41) is 1.88. The van der Waals surface area contributed by atoms with E-state index >= 15 is 0 Å². The minimum atomic E-state index is -0.127. The number of benzene rings is 1. The topological polar surface area (TPSA) is 63.0 Å². The molecule has 1 atom stereocenters. The molecule has 168 valence electrons. The summed E-state index contributed by atoms with van der Waals surface area (Å²) in [6, 6.07) is 17.3. The molecule has 0 bridgehead atoms. The number of thiophene rings is 1. The average molecular weight is 453 g/mol. The van der Waals surface area contributed by atoms with Gasteiger partial charge in [0.2, 0.25) is 5.91 Å². The predicted octanol–water partition coefficient (Wildman–Crippen LogP) is 4.50. The van der Waals surface area contributed by atoms with Crippen molar-refractivity contribution in [1.29, 1.82) is 0 Å². The summed E-state index contributed by atoms with van der Waals surface area (Å²) < 4.78 is 11.5. The van der Waals surface area contributed by atoms with Gasteiger partial charge in [-0.05, 0) is 48.9 Å². The van der Waals surface area contributed by atoms with Crippen LogP contribution < -0.4 is 0 Å². The monoisotopic (exact) mass is 452 g/mol. The molecule has 0 N–H and O–H groups in total. The van der Waals surface area contributed by atoms with Gasteiger partial charge >= 0.3 is 0 Å². The molecule has 7 heteroatoms. The number of nitrogens with zero attached hydrogens (tertiary/aromatic N) is 2. The van der Waals surface area contributed by atoms with Crippen LogP contribution in [0.5, 0.6) is 0 Å². The number of furan rings is 1. The molecule has 6 nitrogen and oxygen atoms in total. The zero-order valence-corrected chi connectivity index (χ0v) is 19.1. The molecule has 1 saturated heterocycles. The summed E-state index contributed by atoms with van der Waals surface area (Å²) in [4.78, 5) is 30.6. The van der Waals surface area contributed by atoms with Crippen molar-refractivity contribution in [1.82, 2.24) is 9.80 Å². The third-order valence-electron chi connectivity index (χ3n) is 5.50. The fraction of sp³-hybridized carbons (Fsp3) is 0.360. The van der Waals surface area contributed by atoms with Crippen molar-refractivity contribution in [2.24, 2.45) is 0 Å². The van der Waals surface area contributed by atoms with E-state index in [1.165, 1.54) is 11.3 Å². The van der Waals surface area contributed by atoms with Crippen molar-refractivity contribution >= 4 is 23.2 Å². The van der Waals surface area contributed by atoms with E-state index < -0.39 is 0 Å². The lowest BCUT2D eigenvalue weighted by Crippen LogP contribution is -2.45. The van der Waals surface area contributed by atoms with Crippen LogP contribution in [0.25, 0.3) is 0 Å². The Morgan fingerprint density at radius 1 is 1.03 bits per heavy atom. The molecule has 1 aliphatic heterocycles. The number of hydrogen-bond donors (Lipinski definition) is 0. The summed E-state index contributed by atoms with van der Waals surface area (Å²) in [6.07, 6.45) is 1.86. The first kappa shape index (κ1) is 22.3. The van der Waals surface area contributed by atoms with Crippen LogP contribution in [0, 0.1) is 6.92 Å². The molecule has 3 aromatic rings. The lowest BCUT2D eigenvalue weighted by Gasteiger charge is -2.28. The predicted molar refractivity (Wildman–Crippen MR) is 123 cm³/mol. The van der Waals surface area contributed by atoms with E-state index in [4.69, 9.17) is 9.15 Å². The fourth-order valence-electron chi connectivity index (χ4n) is 3.87. The van der Waals surface area contributed by atoms with Crippen LogP contribution in [-0.2, 0) is 22.6 Å². The zero-order valence-electron chi connectivity index (χ0n) is 18.2. The Bertz CT molecular complexity index is 1010. The van der Waals surface area contributed by atoms with E-state index in [2.05, 4.69) is 0 Å². The maximum atomic E-state index is 13.5. The summed E-state index contributed by atoms with van der Waals surface area (Å²) >= 11 is 1.39. The minimum absolute atomic E-state index is 0.00309. The molecule has 0 radical (unpaired) electrons. The molecule has 4 rings (SSSR count). The molecular weight excluding hydrogens is 424 g/mol. The van der Waals surface area contributed by atoms with E-state index in [9.17, 15) is 9.59 Å². The first-order valence-electron chi connectivity index (χ1n) is 10.9. The van der Waals surface area contributed by atoms with Gasteiger partial charge in [-0.1, -0.05) is 36.4 Å². The standard InChI is InChI=1S/C25H28N2O4S/c1-19-11-12-22(31-19)17-26(15-20-7-3-2-4-8-20)24(28)18-27(16-21-9-5-13-30-21)25(29)23-10-6-14-32-23/h2-4,6-8,10-12,14,21H,5,9,13,15-18H2,1H3. The Morgan fingerprint density at radius 2 is 1.88 bits per heavy atom. The highest BCUT2D eigenvalue weighted by Gasteiger charge is 2.28. The van der Waals surface area contributed by atoms with Crippen molar-refractivity contribution in [3.05, 3.63) is 81.9 Å². The highest BCUT2D eigenvalue weighted by atomic mass is 32.1. The van der Waals surface area contributed by atoms with E-state index in [1.54, 1.807) is 15.9 Å². The zero-order chi connectivity index (χ0) is 22.3. The highest BCUT2D eigenvalue weighted by molar-refractivity contribution is 7.12. The summed E-state index contributed by atoms with van der Waals surface area (Å²) in [7, 11) is 0. The van der Waals surface area contributed by atoms with Gasteiger partial charge in [0.25, 0.3) is 5.91 Å². The maximum Gasteiger partial charge on any atom is 0.264 e. The van der Waals surface area contributed by atoms with Crippen LogP contribution >= 0.6 is 11.3 Å². The summed E-state index contributed by atoms with van der Waals surface area (Å²) in [6.45, 7) is 3.81. The number of rotatable bonds is 9. The Morgan fingerprint density at radius 3 is 2.53 bits per heavy atom. The lowest BCUT2D eigenvalue weighted by molar-refractivity contribution is -0.133. The molecular formula is C25H28N2O4S. The second-order valence-electron chi connectivity index (χ2n) is 8.05. The Labute approximate surface area is 192 Å². The minimum Gasteiger partial charge on any atom is -0.464 e. The van der Waals surface area contributed by atoms with E-state index in [0.29, 0.717) is 31.1 Å². The molecule has 0 spiro atoms. The van der Waals surface area contributed by atoms with Crippen molar-refractivity contribution in [2.75, 3.05) is 19.7 Å². The molecule has 1 aliphatic rings. The smallest absolute Gasteiger partial charge is 0.264 e. The number of ether oxygens (including phenoxy) is 1. The fourth-order valence-corrected chi connectivity index (χ4v) is 4.56. The second-order valence-corrected chi connectivity index (χ2v) is 8.99. The maximum absolute atomic E-state index is 13.5. The quantitative estimate of drug-likeness (QED) is 0.480. The van der Waals surface area contributed by atoms with Gasteiger partial charge in [-0.15, -0.1) is 11.3 Å². The van der Waals surface area contributed by atoms with Gasteiger partial charge in [0.05, 0.1) is 17.5 Å². The molecule has 1 aromatic carbocycles. The van der Waals surface area contributed by atoms with Gasteiger partial charge in [0, 0.05) is 19.7 Å². The number of amides is 2.